The summed E-state index contributed by atoms with van der Waals surface area (Å²) in [6, 6.07) is 0.231. The monoisotopic (exact) mass is 323 g/mol. The fourth-order valence-corrected chi connectivity index (χ4v) is 2.98. The van der Waals surface area contributed by atoms with E-state index in [1.807, 2.05) is 13.2 Å². The van der Waals surface area contributed by atoms with E-state index in [4.69, 9.17) is 4.74 Å². The molecule has 130 valence electrons. The molecule has 0 bridgehead atoms. The van der Waals surface area contributed by atoms with Crippen LogP contribution in [-0.2, 0) is 18.3 Å². The molecule has 2 rings (SSSR count). The van der Waals surface area contributed by atoms with Gasteiger partial charge in [-0.05, 0) is 20.8 Å². The van der Waals surface area contributed by atoms with E-state index in [-0.39, 0.29) is 18.2 Å². The quantitative estimate of drug-likeness (QED) is 0.880. The smallest absolute Gasteiger partial charge is 0.317 e. The normalized spacial score (nSPS) is 23.5. The van der Waals surface area contributed by atoms with Gasteiger partial charge in [-0.3, -0.25) is 9.58 Å². The maximum atomic E-state index is 12.2. The highest BCUT2D eigenvalue weighted by molar-refractivity contribution is 5.73. The van der Waals surface area contributed by atoms with E-state index in [2.05, 4.69) is 36.1 Å². The lowest BCUT2D eigenvalue weighted by molar-refractivity contribution is -0.0778. The maximum absolute atomic E-state index is 12.2. The number of aromatic nitrogens is 2. The molecule has 0 aromatic carbocycles. The minimum absolute atomic E-state index is 0.0601. The summed E-state index contributed by atoms with van der Waals surface area (Å²) >= 11 is 0. The zero-order chi connectivity index (χ0) is 17.0. The summed E-state index contributed by atoms with van der Waals surface area (Å²) in [5, 5.41) is 7.13. The van der Waals surface area contributed by atoms with Gasteiger partial charge in [0.05, 0.1) is 24.9 Å². The molecule has 0 radical (unpaired) electrons. The van der Waals surface area contributed by atoms with E-state index < -0.39 is 0 Å². The summed E-state index contributed by atoms with van der Waals surface area (Å²) in [6.45, 7) is 9.34. The standard InChI is InChI=1S/C16H29N5O2/c1-12(21-8-13(2)23-14(3)9-21)6-17-16(22)19(4)10-15-7-18-20(5)11-15/h7,11-14H,6,8-10H2,1-5H3,(H,17,22). The number of nitrogens with zero attached hydrogens (tertiary/aromatic N) is 4. The molecule has 23 heavy (non-hydrogen) atoms. The van der Waals surface area contributed by atoms with Gasteiger partial charge in [-0.25, -0.2) is 4.79 Å². The van der Waals surface area contributed by atoms with Crippen LogP contribution in [0.2, 0.25) is 0 Å². The van der Waals surface area contributed by atoms with Gasteiger partial charge in [0.15, 0.2) is 0 Å². The fraction of sp³-hybridized carbons (Fsp3) is 0.750. The molecule has 0 aliphatic carbocycles. The first-order chi connectivity index (χ1) is 10.8. The highest BCUT2D eigenvalue weighted by atomic mass is 16.5. The molecule has 1 aromatic rings. The number of aryl methyl sites for hydroxylation is 1. The first kappa shape index (κ1) is 17.7. The molecule has 2 heterocycles. The predicted octanol–water partition coefficient (Wildman–Crippen LogP) is 1.06. The number of urea groups is 1. The van der Waals surface area contributed by atoms with Crippen LogP contribution < -0.4 is 5.32 Å². The number of carbonyl (C=O) groups is 1. The van der Waals surface area contributed by atoms with Crippen molar-refractivity contribution in [2.75, 3.05) is 26.7 Å². The number of morpholine rings is 1. The Labute approximate surface area is 138 Å². The number of hydrogen-bond acceptors (Lipinski definition) is 4. The number of ether oxygens (including phenoxy) is 1. The third-order valence-corrected chi connectivity index (χ3v) is 4.14. The Bertz CT molecular complexity index is 508. The minimum Gasteiger partial charge on any atom is -0.373 e. The largest absolute Gasteiger partial charge is 0.373 e. The van der Waals surface area contributed by atoms with Gasteiger partial charge in [0.25, 0.3) is 0 Å². The summed E-state index contributed by atoms with van der Waals surface area (Å²) in [6.07, 6.45) is 4.18. The fourth-order valence-electron chi connectivity index (χ4n) is 2.98. The van der Waals surface area contributed by atoms with Crippen LogP contribution in [0, 0.1) is 0 Å². The summed E-state index contributed by atoms with van der Waals surface area (Å²) < 4.78 is 7.49. The second kappa shape index (κ2) is 7.79. The van der Waals surface area contributed by atoms with Gasteiger partial charge in [0.2, 0.25) is 0 Å². The van der Waals surface area contributed by atoms with Crippen molar-refractivity contribution in [1.29, 1.82) is 0 Å². The molecule has 1 aliphatic rings. The molecular weight excluding hydrogens is 294 g/mol. The average molecular weight is 323 g/mol. The van der Waals surface area contributed by atoms with Crippen molar-refractivity contribution in [1.82, 2.24) is 24.9 Å². The molecular formula is C16H29N5O2. The Kier molecular flexibility index (Phi) is 6.01. The highest BCUT2D eigenvalue weighted by Crippen LogP contribution is 2.13. The molecule has 2 amide bonds. The van der Waals surface area contributed by atoms with Gasteiger partial charge >= 0.3 is 6.03 Å². The first-order valence-electron chi connectivity index (χ1n) is 8.21. The van der Waals surface area contributed by atoms with E-state index in [0.29, 0.717) is 19.1 Å². The van der Waals surface area contributed by atoms with Crippen molar-refractivity contribution in [3.8, 4) is 0 Å². The topological polar surface area (TPSA) is 62.6 Å². The SMILES string of the molecule is CC1CN(C(C)CNC(=O)N(C)Cc2cnn(C)c2)CC(C)O1. The molecule has 1 N–H and O–H groups in total. The summed E-state index contributed by atoms with van der Waals surface area (Å²) in [5.74, 6) is 0. The van der Waals surface area contributed by atoms with E-state index in [0.717, 1.165) is 18.7 Å². The van der Waals surface area contributed by atoms with Crippen molar-refractivity contribution in [3.63, 3.8) is 0 Å². The lowest BCUT2D eigenvalue weighted by Crippen LogP contribution is -2.53. The van der Waals surface area contributed by atoms with Crippen LogP contribution in [0.4, 0.5) is 4.79 Å². The van der Waals surface area contributed by atoms with Crippen LogP contribution >= 0.6 is 0 Å². The third-order valence-electron chi connectivity index (χ3n) is 4.14. The van der Waals surface area contributed by atoms with Crippen molar-refractivity contribution in [2.24, 2.45) is 7.05 Å². The lowest BCUT2D eigenvalue weighted by atomic mass is 10.2. The van der Waals surface area contributed by atoms with Gasteiger partial charge in [0.1, 0.15) is 0 Å². The van der Waals surface area contributed by atoms with Gasteiger partial charge in [0, 0.05) is 51.5 Å². The minimum atomic E-state index is -0.0601. The molecule has 1 fully saturated rings. The molecule has 0 saturated carbocycles. The average Bonchev–Trinajstić information content (AvgIpc) is 2.88. The van der Waals surface area contributed by atoms with Crippen LogP contribution in [0.1, 0.15) is 26.3 Å². The van der Waals surface area contributed by atoms with Crippen LogP contribution in [0.15, 0.2) is 12.4 Å². The van der Waals surface area contributed by atoms with Crippen LogP contribution in [0.5, 0.6) is 0 Å². The van der Waals surface area contributed by atoms with E-state index in [1.165, 1.54) is 0 Å². The molecule has 3 unspecified atom stereocenters. The molecule has 1 aliphatic heterocycles. The predicted molar refractivity (Wildman–Crippen MR) is 89.1 cm³/mol. The Morgan fingerprint density at radius 2 is 2.13 bits per heavy atom. The zero-order valence-electron chi connectivity index (χ0n) is 14.8. The molecule has 7 nitrogen and oxygen atoms in total. The molecule has 1 aromatic heterocycles. The maximum Gasteiger partial charge on any atom is 0.317 e. The van der Waals surface area contributed by atoms with Crippen molar-refractivity contribution in [2.45, 2.75) is 45.6 Å². The Hall–Kier alpha value is -1.60. The molecule has 1 saturated heterocycles. The highest BCUT2D eigenvalue weighted by Gasteiger charge is 2.26. The molecule has 7 heteroatoms. The lowest BCUT2D eigenvalue weighted by Gasteiger charge is -2.39. The number of hydrogen-bond donors (Lipinski definition) is 1. The van der Waals surface area contributed by atoms with Crippen molar-refractivity contribution < 1.29 is 9.53 Å². The Morgan fingerprint density at radius 3 is 2.70 bits per heavy atom. The van der Waals surface area contributed by atoms with Crippen molar-refractivity contribution in [3.05, 3.63) is 18.0 Å². The van der Waals surface area contributed by atoms with Crippen LogP contribution in [0.3, 0.4) is 0 Å². The van der Waals surface area contributed by atoms with E-state index >= 15 is 0 Å². The number of rotatable bonds is 5. The van der Waals surface area contributed by atoms with Gasteiger partial charge in [-0.1, -0.05) is 0 Å². The Morgan fingerprint density at radius 1 is 1.48 bits per heavy atom. The van der Waals surface area contributed by atoms with Gasteiger partial charge in [-0.15, -0.1) is 0 Å². The van der Waals surface area contributed by atoms with Gasteiger partial charge < -0.3 is 15.0 Å². The zero-order valence-corrected chi connectivity index (χ0v) is 14.8. The van der Waals surface area contributed by atoms with E-state index in [1.54, 1.807) is 22.8 Å². The third kappa shape index (κ3) is 5.21. The van der Waals surface area contributed by atoms with Crippen LogP contribution in [-0.4, -0.2) is 70.5 Å². The number of nitrogens with one attached hydrogen (secondary N) is 1. The second-order valence-corrected chi connectivity index (χ2v) is 6.62. The van der Waals surface area contributed by atoms with Crippen LogP contribution in [0.25, 0.3) is 0 Å². The summed E-state index contributed by atoms with van der Waals surface area (Å²) in [4.78, 5) is 16.3. The number of amides is 2. The summed E-state index contributed by atoms with van der Waals surface area (Å²) in [5.41, 5.74) is 1.02. The second-order valence-electron chi connectivity index (χ2n) is 6.62. The Balaban J connectivity index is 1.76. The summed E-state index contributed by atoms with van der Waals surface area (Å²) in [7, 11) is 3.67. The number of carbonyl (C=O) groups excluding carboxylic acids is 1. The molecule has 0 spiro atoms. The first-order valence-corrected chi connectivity index (χ1v) is 8.21. The van der Waals surface area contributed by atoms with Crippen molar-refractivity contribution >= 4 is 6.03 Å². The van der Waals surface area contributed by atoms with Gasteiger partial charge in [-0.2, -0.15) is 5.10 Å². The molecule has 3 atom stereocenters. The van der Waals surface area contributed by atoms with E-state index in [9.17, 15) is 4.79 Å².